The van der Waals surface area contributed by atoms with Gasteiger partial charge in [-0.25, -0.2) is 0 Å². The highest BCUT2D eigenvalue weighted by Gasteiger charge is 2.54. The van der Waals surface area contributed by atoms with Crippen molar-refractivity contribution in [3.05, 3.63) is 132 Å². The second kappa shape index (κ2) is 12.4. The molecule has 5 heterocycles. The smallest absolute Gasteiger partial charge is 0.253 e. The van der Waals surface area contributed by atoms with Gasteiger partial charge in [-0.2, -0.15) is 0 Å². The van der Waals surface area contributed by atoms with E-state index in [2.05, 4.69) is 5.32 Å². The number of thiophene rings is 2. The quantitative estimate of drug-likeness (QED) is 0.143. The molecule has 0 radical (unpaired) electrons. The second-order valence-corrected chi connectivity index (χ2v) is 14.7. The van der Waals surface area contributed by atoms with Gasteiger partial charge in [0.25, 0.3) is 5.91 Å². The first-order chi connectivity index (χ1) is 21.5. The molecule has 11 heteroatoms. The van der Waals surface area contributed by atoms with Crippen LogP contribution >= 0.6 is 58.0 Å². The zero-order chi connectivity index (χ0) is 30.2. The number of carbonyl (C=O) groups excluding carboxylic acids is 2. The molecule has 2 aliphatic heterocycles. The van der Waals surface area contributed by atoms with Crippen LogP contribution in [0.5, 0.6) is 0 Å². The molecule has 2 amide bonds. The molecule has 1 fully saturated rings. The first-order valence-electron chi connectivity index (χ1n) is 13.8. The summed E-state index contributed by atoms with van der Waals surface area (Å²) in [6.07, 6.45) is -0.291. The number of hydrogen-bond acceptors (Lipinski definition) is 9. The zero-order valence-electron chi connectivity index (χ0n) is 23.0. The van der Waals surface area contributed by atoms with Gasteiger partial charge in [-0.3, -0.25) is 19.3 Å². The normalized spacial score (nSPS) is 17.8. The summed E-state index contributed by atoms with van der Waals surface area (Å²) < 4.78 is 8.22. The number of amides is 2. The lowest BCUT2D eigenvalue weighted by atomic mass is 10.0. The Bertz CT molecular complexity index is 1910. The van der Waals surface area contributed by atoms with Gasteiger partial charge in [0, 0.05) is 31.8 Å². The van der Waals surface area contributed by atoms with Crippen LogP contribution in [0.3, 0.4) is 0 Å². The Morgan fingerprint density at radius 3 is 2.36 bits per heavy atom. The van der Waals surface area contributed by atoms with Crippen LogP contribution < -0.4 is 10.7 Å². The number of ether oxygens (including phenoxy) is 1. The van der Waals surface area contributed by atoms with E-state index in [1.54, 1.807) is 22.7 Å². The Hall–Kier alpha value is -3.61. The molecule has 2 atom stereocenters. The highest BCUT2D eigenvalue weighted by molar-refractivity contribution is 8.00. The van der Waals surface area contributed by atoms with Gasteiger partial charge in [-0.1, -0.05) is 66.7 Å². The van der Waals surface area contributed by atoms with E-state index in [1.807, 2.05) is 89.6 Å². The molecule has 0 bridgehead atoms. The van der Waals surface area contributed by atoms with E-state index in [0.717, 1.165) is 31.2 Å². The van der Waals surface area contributed by atoms with E-state index >= 15 is 0 Å². The summed E-state index contributed by atoms with van der Waals surface area (Å²) in [5.74, 6) is 0.0491. The average molecular weight is 673 g/mol. The van der Waals surface area contributed by atoms with Crippen molar-refractivity contribution in [1.82, 2.24) is 10.2 Å². The van der Waals surface area contributed by atoms with E-state index in [9.17, 15) is 14.4 Å². The number of nitrogens with zero attached hydrogens (tertiary/aromatic N) is 1. The third-order valence-corrected chi connectivity index (χ3v) is 12.1. The number of thioether (sulfide) groups is 1. The lowest BCUT2D eigenvalue weighted by Crippen LogP contribution is -2.70. The van der Waals surface area contributed by atoms with Crippen molar-refractivity contribution in [1.29, 1.82) is 0 Å². The van der Waals surface area contributed by atoms with E-state index in [4.69, 9.17) is 17.0 Å². The summed E-state index contributed by atoms with van der Waals surface area (Å²) in [7, 11) is 0. The van der Waals surface area contributed by atoms with Gasteiger partial charge in [-0.05, 0) is 46.2 Å². The van der Waals surface area contributed by atoms with Crippen LogP contribution in [0.25, 0.3) is 15.0 Å². The molecule has 2 aromatic carbocycles. The van der Waals surface area contributed by atoms with Crippen LogP contribution in [0, 0.1) is 0 Å². The lowest BCUT2D eigenvalue weighted by molar-refractivity contribution is -0.145. The summed E-state index contributed by atoms with van der Waals surface area (Å²) >= 11 is 12.0. The molecule has 0 saturated carbocycles. The third-order valence-electron chi connectivity index (χ3n) is 7.45. The number of carbonyl (C=O) groups is 2. The molecule has 1 saturated heterocycles. The number of rotatable bonds is 8. The maximum absolute atomic E-state index is 13.8. The van der Waals surface area contributed by atoms with Crippen molar-refractivity contribution in [2.75, 3.05) is 5.75 Å². The number of thiocarbonyl (C=S) groups is 1. The summed E-state index contributed by atoms with van der Waals surface area (Å²) in [4.78, 5) is 43.0. The van der Waals surface area contributed by atoms with Crippen LogP contribution in [0.15, 0.2) is 106 Å². The molecule has 220 valence electrons. The molecule has 3 aromatic heterocycles. The molecule has 2 aliphatic rings. The second-order valence-electron chi connectivity index (χ2n) is 10.2. The summed E-state index contributed by atoms with van der Waals surface area (Å²) in [5, 5.41) is 6.61. The standard InChI is InChI=1S/C33H24N2O4S5/c36-23-17-25(44-24-13-15-42-30(23)24)22-18-43-32-27(34-26(37)16-21-12-7-14-41-21)31(38)35(32)28(22)33(40)39-29(19-8-3-1-4-9-19)20-10-5-2-6-11-20/h1-15,17,27,29,32H,16,18H2,(H,34,37)/t27?,32-/m1/s1. The fourth-order valence-electron chi connectivity index (χ4n) is 5.38. The molecule has 0 aliphatic carbocycles. The number of fused-ring (bicyclic) bond motifs is 2. The summed E-state index contributed by atoms with van der Waals surface area (Å²) in [6.45, 7) is 0. The Morgan fingerprint density at radius 2 is 1.68 bits per heavy atom. The number of nitrogens with one attached hydrogen (secondary N) is 1. The van der Waals surface area contributed by atoms with E-state index in [0.29, 0.717) is 16.1 Å². The summed E-state index contributed by atoms with van der Waals surface area (Å²) in [6, 6.07) is 26.3. The van der Waals surface area contributed by atoms with Gasteiger partial charge in [0.05, 0.1) is 11.1 Å². The number of benzene rings is 2. The molecule has 1 N–H and O–H groups in total. The van der Waals surface area contributed by atoms with Crippen molar-refractivity contribution < 1.29 is 14.3 Å². The first-order valence-corrected chi connectivity index (χ1v) is 17.8. The van der Waals surface area contributed by atoms with Crippen molar-refractivity contribution in [3.63, 3.8) is 0 Å². The van der Waals surface area contributed by atoms with E-state index in [-0.39, 0.29) is 34.1 Å². The average Bonchev–Trinajstić information content (AvgIpc) is 3.75. The monoisotopic (exact) mass is 672 g/mol. The SMILES string of the molecule is O=C(Cc1cccs1)NC1C(=O)N2C(C(=S)OC(c3ccccc3)c3ccccc3)=C(c3cc(=O)c4sccc4s3)CS[C@H]12. The van der Waals surface area contributed by atoms with E-state index < -0.39 is 12.1 Å². The Kier molecular flexibility index (Phi) is 8.21. The first kappa shape index (κ1) is 29.1. The molecule has 5 aromatic rings. The van der Waals surface area contributed by atoms with Gasteiger partial charge >= 0.3 is 0 Å². The molecule has 1 unspecified atom stereocenters. The minimum atomic E-state index is -0.677. The Balaban J connectivity index is 1.26. The molecule has 44 heavy (non-hydrogen) atoms. The largest absolute Gasteiger partial charge is 0.469 e. The van der Waals surface area contributed by atoms with Gasteiger partial charge in [0.1, 0.15) is 23.2 Å². The predicted molar refractivity (Wildman–Crippen MR) is 184 cm³/mol. The van der Waals surface area contributed by atoms with Crippen molar-refractivity contribution >= 4 is 89.8 Å². The number of β-lactam (4-membered cyclic amide) rings is 1. The highest BCUT2D eigenvalue weighted by atomic mass is 32.2. The van der Waals surface area contributed by atoms with Crippen LogP contribution in [0.1, 0.15) is 27.0 Å². The maximum atomic E-state index is 13.8. The van der Waals surface area contributed by atoms with Gasteiger partial charge in [0.15, 0.2) is 5.43 Å². The zero-order valence-corrected chi connectivity index (χ0v) is 27.1. The summed E-state index contributed by atoms with van der Waals surface area (Å²) in [5.41, 5.74) is 3.04. The lowest BCUT2D eigenvalue weighted by Gasteiger charge is -2.50. The van der Waals surface area contributed by atoms with E-state index in [1.165, 1.54) is 34.0 Å². The van der Waals surface area contributed by atoms with Crippen molar-refractivity contribution in [2.24, 2.45) is 0 Å². The molecule has 7 rings (SSSR count). The highest BCUT2D eigenvalue weighted by Crippen LogP contribution is 2.46. The predicted octanol–water partition coefficient (Wildman–Crippen LogP) is 6.87. The van der Waals surface area contributed by atoms with Crippen LogP contribution in [-0.2, 0) is 20.7 Å². The molecule has 0 spiro atoms. The fourth-order valence-corrected chi connectivity index (χ4v) is 9.94. The maximum Gasteiger partial charge on any atom is 0.253 e. The van der Waals surface area contributed by atoms with Crippen molar-refractivity contribution in [2.45, 2.75) is 23.9 Å². The molecular weight excluding hydrogens is 649 g/mol. The van der Waals surface area contributed by atoms with Gasteiger partial charge in [0.2, 0.25) is 11.0 Å². The van der Waals surface area contributed by atoms with Crippen LogP contribution in [0.4, 0.5) is 0 Å². The molecular formula is C33H24N2O4S5. The Morgan fingerprint density at radius 1 is 0.955 bits per heavy atom. The third kappa shape index (κ3) is 5.54. The topological polar surface area (TPSA) is 75.7 Å². The minimum absolute atomic E-state index is 0.0605. The van der Waals surface area contributed by atoms with Gasteiger partial charge < -0.3 is 10.1 Å². The number of hydrogen-bond donors (Lipinski definition) is 1. The minimum Gasteiger partial charge on any atom is -0.469 e. The van der Waals surface area contributed by atoms with Crippen LogP contribution in [-0.4, -0.2) is 38.9 Å². The van der Waals surface area contributed by atoms with Crippen LogP contribution in [0.2, 0.25) is 0 Å². The fraction of sp³-hybridized carbons (Fsp3) is 0.152. The van der Waals surface area contributed by atoms with Gasteiger partial charge in [-0.15, -0.1) is 45.8 Å². The van der Waals surface area contributed by atoms with Crippen molar-refractivity contribution in [3.8, 4) is 0 Å². The molecule has 6 nitrogen and oxygen atoms in total. The Labute approximate surface area is 275 Å².